The number of hydrogen-bond donors (Lipinski definition) is 1. The molecule has 0 bridgehead atoms. The molecule has 2 nitrogen and oxygen atoms in total. The fraction of sp³-hybridized carbons (Fsp3) is 0.500. The molecule has 0 spiro atoms. The van der Waals surface area contributed by atoms with Crippen LogP contribution in [0.3, 0.4) is 0 Å². The third kappa shape index (κ3) is 1.98. The molecule has 0 aliphatic carbocycles. The largest absolute Gasteiger partial charge is 0.316 e. The molecule has 1 N–H and O–H groups in total. The second-order valence-corrected chi connectivity index (χ2v) is 6.36. The number of nitrogens with one attached hydrogen (secondary N) is 1. The number of aromatic nitrogens is 1. The summed E-state index contributed by atoms with van der Waals surface area (Å²) in [5.74, 6) is 0. The molecule has 1 atom stereocenters. The SMILES string of the molecule is Cc1ccc2sc(C3(C)CCCNC3)nc2c1. The van der Waals surface area contributed by atoms with Gasteiger partial charge in [-0.2, -0.15) is 0 Å². The monoisotopic (exact) mass is 246 g/mol. The topological polar surface area (TPSA) is 24.9 Å². The van der Waals surface area contributed by atoms with E-state index in [2.05, 4.69) is 37.4 Å². The lowest BCUT2D eigenvalue weighted by Gasteiger charge is -2.32. The molecule has 3 heteroatoms. The molecule has 1 unspecified atom stereocenters. The van der Waals surface area contributed by atoms with Crippen molar-refractivity contribution in [2.45, 2.75) is 32.1 Å². The van der Waals surface area contributed by atoms with Gasteiger partial charge in [0.05, 0.1) is 10.2 Å². The second kappa shape index (κ2) is 4.07. The zero-order valence-electron chi connectivity index (χ0n) is 10.4. The first kappa shape index (κ1) is 11.2. The van der Waals surface area contributed by atoms with E-state index in [9.17, 15) is 0 Å². The molecular weight excluding hydrogens is 228 g/mol. The van der Waals surface area contributed by atoms with Gasteiger partial charge in [-0.3, -0.25) is 0 Å². The quantitative estimate of drug-likeness (QED) is 0.835. The van der Waals surface area contributed by atoms with Crippen LogP contribution in [0.1, 0.15) is 30.3 Å². The van der Waals surface area contributed by atoms with Crippen LogP contribution in [0.15, 0.2) is 18.2 Å². The van der Waals surface area contributed by atoms with Crippen LogP contribution in [0.5, 0.6) is 0 Å². The summed E-state index contributed by atoms with van der Waals surface area (Å²) in [4.78, 5) is 4.85. The molecule has 17 heavy (non-hydrogen) atoms. The van der Waals surface area contributed by atoms with Gasteiger partial charge in [0.25, 0.3) is 0 Å². The summed E-state index contributed by atoms with van der Waals surface area (Å²) in [6, 6.07) is 6.56. The highest BCUT2D eigenvalue weighted by molar-refractivity contribution is 7.18. The van der Waals surface area contributed by atoms with Gasteiger partial charge >= 0.3 is 0 Å². The number of benzene rings is 1. The lowest BCUT2D eigenvalue weighted by atomic mass is 9.83. The molecule has 1 aliphatic heterocycles. The smallest absolute Gasteiger partial charge is 0.101 e. The van der Waals surface area contributed by atoms with Gasteiger partial charge in [0.15, 0.2) is 0 Å². The van der Waals surface area contributed by atoms with Crippen LogP contribution < -0.4 is 5.32 Å². The fourth-order valence-corrected chi connectivity index (χ4v) is 3.65. The molecule has 1 saturated heterocycles. The molecule has 1 fully saturated rings. The Labute approximate surface area is 106 Å². The van der Waals surface area contributed by atoms with E-state index in [4.69, 9.17) is 4.98 Å². The van der Waals surface area contributed by atoms with Crippen molar-refractivity contribution < 1.29 is 0 Å². The Balaban J connectivity index is 2.05. The van der Waals surface area contributed by atoms with Crippen molar-refractivity contribution in [2.75, 3.05) is 13.1 Å². The van der Waals surface area contributed by atoms with Crippen molar-refractivity contribution in [1.82, 2.24) is 10.3 Å². The minimum atomic E-state index is 0.232. The molecule has 1 aromatic carbocycles. The molecule has 0 saturated carbocycles. The normalized spacial score (nSPS) is 25.3. The zero-order chi connectivity index (χ0) is 11.9. The molecule has 2 heterocycles. The summed E-state index contributed by atoms with van der Waals surface area (Å²) in [6.07, 6.45) is 2.50. The minimum absolute atomic E-state index is 0.232. The second-order valence-electron chi connectivity index (χ2n) is 5.33. The van der Waals surface area contributed by atoms with Crippen molar-refractivity contribution in [2.24, 2.45) is 0 Å². The van der Waals surface area contributed by atoms with E-state index in [1.54, 1.807) is 0 Å². The van der Waals surface area contributed by atoms with Crippen molar-refractivity contribution in [3.63, 3.8) is 0 Å². The average molecular weight is 246 g/mol. The maximum Gasteiger partial charge on any atom is 0.101 e. The maximum atomic E-state index is 4.85. The first-order valence-electron chi connectivity index (χ1n) is 6.26. The van der Waals surface area contributed by atoms with Gasteiger partial charge in [0, 0.05) is 12.0 Å². The van der Waals surface area contributed by atoms with Gasteiger partial charge in [-0.05, 0) is 44.0 Å². The molecule has 1 aliphatic rings. The van der Waals surface area contributed by atoms with Crippen LogP contribution in [0.25, 0.3) is 10.2 Å². The fourth-order valence-electron chi connectivity index (χ4n) is 2.53. The van der Waals surface area contributed by atoms with Gasteiger partial charge in [-0.1, -0.05) is 13.0 Å². The van der Waals surface area contributed by atoms with Crippen molar-refractivity contribution in [3.8, 4) is 0 Å². The number of thiazole rings is 1. The summed E-state index contributed by atoms with van der Waals surface area (Å²) in [7, 11) is 0. The zero-order valence-corrected chi connectivity index (χ0v) is 11.2. The molecule has 0 amide bonds. The van der Waals surface area contributed by atoms with Crippen LogP contribution in [0, 0.1) is 6.92 Å². The van der Waals surface area contributed by atoms with Gasteiger partial charge < -0.3 is 5.32 Å². The number of hydrogen-bond acceptors (Lipinski definition) is 3. The Morgan fingerprint density at radius 1 is 1.41 bits per heavy atom. The summed E-state index contributed by atoms with van der Waals surface area (Å²) in [5, 5.41) is 4.79. The lowest BCUT2D eigenvalue weighted by molar-refractivity contribution is 0.339. The highest BCUT2D eigenvalue weighted by Crippen LogP contribution is 2.36. The lowest BCUT2D eigenvalue weighted by Crippen LogP contribution is -2.40. The van der Waals surface area contributed by atoms with Crippen molar-refractivity contribution in [1.29, 1.82) is 0 Å². The van der Waals surface area contributed by atoms with E-state index in [-0.39, 0.29) is 5.41 Å². The Kier molecular flexibility index (Phi) is 2.68. The summed E-state index contributed by atoms with van der Waals surface area (Å²) < 4.78 is 1.32. The summed E-state index contributed by atoms with van der Waals surface area (Å²) >= 11 is 1.86. The third-order valence-electron chi connectivity index (χ3n) is 3.66. The third-order valence-corrected chi connectivity index (χ3v) is 5.00. The van der Waals surface area contributed by atoms with Crippen LogP contribution in [-0.4, -0.2) is 18.1 Å². The van der Waals surface area contributed by atoms with E-state index >= 15 is 0 Å². The average Bonchev–Trinajstić information content (AvgIpc) is 2.73. The summed E-state index contributed by atoms with van der Waals surface area (Å²) in [5.41, 5.74) is 2.69. The highest BCUT2D eigenvalue weighted by Gasteiger charge is 2.31. The number of aryl methyl sites for hydroxylation is 1. The molecular formula is C14H18N2S. The number of nitrogens with zero attached hydrogens (tertiary/aromatic N) is 1. The van der Waals surface area contributed by atoms with Crippen molar-refractivity contribution >= 4 is 21.6 Å². The maximum absolute atomic E-state index is 4.85. The summed E-state index contributed by atoms with van der Waals surface area (Å²) in [6.45, 7) is 6.68. The van der Waals surface area contributed by atoms with Crippen LogP contribution in [0.4, 0.5) is 0 Å². The number of fused-ring (bicyclic) bond motifs is 1. The minimum Gasteiger partial charge on any atom is -0.316 e. The van der Waals surface area contributed by atoms with E-state index in [1.807, 2.05) is 11.3 Å². The number of piperidine rings is 1. The predicted octanol–water partition coefficient (Wildman–Crippen LogP) is 3.25. The molecule has 90 valence electrons. The van der Waals surface area contributed by atoms with Gasteiger partial charge in [-0.15, -0.1) is 11.3 Å². The van der Waals surface area contributed by atoms with Gasteiger partial charge in [-0.25, -0.2) is 4.98 Å². The molecule has 1 aromatic heterocycles. The van der Waals surface area contributed by atoms with E-state index in [0.717, 1.165) is 18.6 Å². The van der Waals surface area contributed by atoms with Gasteiger partial charge in [0.1, 0.15) is 5.01 Å². The van der Waals surface area contributed by atoms with Crippen LogP contribution >= 0.6 is 11.3 Å². The Morgan fingerprint density at radius 3 is 3.06 bits per heavy atom. The Hall–Kier alpha value is -0.930. The molecule has 0 radical (unpaired) electrons. The Morgan fingerprint density at radius 2 is 2.29 bits per heavy atom. The predicted molar refractivity (Wildman–Crippen MR) is 73.8 cm³/mol. The Bertz CT molecular complexity index is 538. The number of rotatable bonds is 1. The van der Waals surface area contributed by atoms with E-state index in [1.165, 1.54) is 28.1 Å². The first-order valence-corrected chi connectivity index (χ1v) is 7.07. The first-order chi connectivity index (χ1) is 8.17. The van der Waals surface area contributed by atoms with E-state index < -0.39 is 0 Å². The highest BCUT2D eigenvalue weighted by atomic mass is 32.1. The van der Waals surface area contributed by atoms with Crippen LogP contribution in [0.2, 0.25) is 0 Å². The van der Waals surface area contributed by atoms with Gasteiger partial charge in [0.2, 0.25) is 0 Å². The molecule has 2 aromatic rings. The van der Waals surface area contributed by atoms with Crippen LogP contribution in [-0.2, 0) is 5.41 Å². The molecule has 3 rings (SSSR count). The van der Waals surface area contributed by atoms with Crippen molar-refractivity contribution in [3.05, 3.63) is 28.8 Å². The van der Waals surface area contributed by atoms with E-state index in [0.29, 0.717) is 0 Å². The standard InChI is InChI=1S/C14H18N2S/c1-10-4-5-12-11(8-10)16-13(17-12)14(2)6-3-7-15-9-14/h4-5,8,15H,3,6-7,9H2,1-2H3.